The second kappa shape index (κ2) is 4.83. The lowest BCUT2D eigenvalue weighted by molar-refractivity contribution is 0.275. The highest BCUT2D eigenvalue weighted by Gasteiger charge is 2.19. The standard InChI is InChI=1S/C16H17NO/c1-18-16-8-7-14-11-17(12-15(14)9-16)10-13-5-3-2-4-6-13/h2-9H,10-12H2,1H3. The number of rotatable bonds is 3. The predicted molar refractivity (Wildman–Crippen MR) is 72.4 cm³/mol. The minimum absolute atomic E-state index is 0.954. The van der Waals surface area contributed by atoms with Crippen molar-refractivity contribution in [2.75, 3.05) is 7.11 Å². The molecule has 18 heavy (non-hydrogen) atoms. The van der Waals surface area contributed by atoms with Crippen LogP contribution < -0.4 is 4.74 Å². The molecular formula is C16H17NO. The van der Waals surface area contributed by atoms with Crippen LogP contribution >= 0.6 is 0 Å². The number of hydrogen-bond acceptors (Lipinski definition) is 2. The van der Waals surface area contributed by atoms with Gasteiger partial charge in [-0.25, -0.2) is 0 Å². The first-order valence-electron chi connectivity index (χ1n) is 6.27. The molecule has 92 valence electrons. The molecular weight excluding hydrogens is 222 g/mol. The van der Waals surface area contributed by atoms with Gasteiger partial charge in [-0.1, -0.05) is 36.4 Å². The second-order valence-corrected chi connectivity index (χ2v) is 4.77. The van der Waals surface area contributed by atoms with Gasteiger partial charge in [0.05, 0.1) is 7.11 Å². The molecule has 0 saturated heterocycles. The van der Waals surface area contributed by atoms with Gasteiger partial charge in [0.1, 0.15) is 5.75 Å². The highest BCUT2D eigenvalue weighted by molar-refractivity contribution is 5.38. The first kappa shape index (κ1) is 11.3. The molecule has 0 saturated carbocycles. The number of benzene rings is 2. The van der Waals surface area contributed by atoms with Crippen molar-refractivity contribution in [1.82, 2.24) is 4.90 Å². The van der Waals surface area contributed by atoms with Gasteiger partial charge in [-0.3, -0.25) is 4.90 Å². The molecule has 0 bridgehead atoms. The monoisotopic (exact) mass is 239 g/mol. The van der Waals surface area contributed by atoms with Gasteiger partial charge in [0.15, 0.2) is 0 Å². The Labute approximate surface area is 108 Å². The summed E-state index contributed by atoms with van der Waals surface area (Å²) < 4.78 is 5.27. The Kier molecular flexibility index (Phi) is 3.03. The molecule has 3 rings (SSSR count). The summed E-state index contributed by atoms with van der Waals surface area (Å²) in [5.74, 6) is 0.954. The second-order valence-electron chi connectivity index (χ2n) is 4.77. The average molecular weight is 239 g/mol. The number of ether oxygens (including phenoxy) is 1. The zero-order valence-electron chi connectivity index (χ0n) is 10.6. The molecule has 1 heterocycles. The third kappa shape index (κ3) is 2.24. The maximum absolute atomic E-state index is 5.27. The van der Waals surface area contributed by atoms with Crippen LogP contribution in [-0.2, 0) is 19.6 Å². The van der Waals surface area contributed by atoms with Crippen LogP contribution in [-0.4, -0.2) is 12.0 Å². The Bertz CT molecular complexity index is 536. The first-order chi connectivity index (χ1) is 8.85. The van der Waals surface area contributed by atoms with Gasteiger partial charge >= 0.3 is 0 Å². The molecule has 0 aromatic heterocycles. The van der Waals surface area contributed by atoms with E-state index in [0.717, 1.165) is 25.4 Å². The lowest BCUT2D eigenvalue weighted by atomic mass is 10.1. The first-order valence-corrected chi connectivity index (χ1v) is 6.27. The lowest BCUT2D eigenvalue weighted by Crippen LogP contribution is -2.15. The fourth-order valence-corrected chi connectivity index (χ4v) is 2.52. The van der Waals surface area contributed by atoms with Gasteiger partial charge in [-0.2, -0.15) is 0 Å². The fraction of sp³-hybridized carbons (Fsp3) is 0.250. The van der Waals surface area contributed by atoms with Crippen LogP contribution in [0.5, 0.6) is 5.75 Å². The minimum atomic E-state index is 0.954. The van der Waals surface area contributed by atoms with E-state index in [9.17, 15) is 0 Å². The quantitative estimate of drug-likeness (QED) is 0.815. The molecule has 0 aliphatic carbocycles. The Morgan fingerprint density at radius 1 is 1.00 bits per heavy atom. The summed E-state index contributed by atoms with van der Waals surface area (Å²) in [5, 5.41) is 0. The molecule has 0 fully saturated rings. The van der Waals surface area contributed by atoms with Crippen LogP contribution in [0.15, 0.2) is 48.5 Å². The van der Waals surface area contributed by atoms with Gasteiger partial charge in [0.25, 0.3) is 0 Å². The van der Waals surface area contributed by atoms with Crippen LogP contribution in [0.3, 0.4) is 0 Å². The van der Waals surface area contributed by atoms with E-state index in [1.54, 1.807) is 7.11 Å². The van der Waals surface area contributed by atoms with Gasteiger partial charge < -0.3 is 4.74 Å². The molecule has 1 aliphatic rings. The third-order valence-corrected chi connectivity index (χ3v) is 3.45. The van der Waals surface area contributed by atoms with Crippen LogP contribution in [0.25, 0.3) is 0 Å². The van der Waals surface area contributed by atoms with Gasteiger partial charge in [0.2, 0.25) is 0 Å². The van der Waals surface area contributed by atoms with Crippen molar-refractivity contribution in [1.29, 1.82) is 0 Å². The molecule has 0 N–H and O–H groups in total. The van der Waals surface area contributed by atoms with E-state index >= 15 is 0 Å². The summed E-state index contributed by atoms with van der Waals surface area (Å²) in [5.41, 5.74) is 4.19. The molecule has 2 heteroatoms. The molecule has 0 unspecified atom stereocenters. The zero-order chi connectivity index (χ0) is 12.4. The van der Waals surface area contributed by atoms with E-state index in [4.69, 9.17) is 4.74 Å². The Morgan fingerprint density at radius 2 is 1.78 bits per heavy atom. The maximum Gasteiger partial charge on any atom is 0.119 e. The van der Waals surface area contributed by atoms with Crippen molar-refractivity contribution in [3.63, 3.8) is 0 Å². The number of nitrogens with zero attached hydrogens (tertiary/aromatic N) is 1. The Hall–Kier alpha value is -1.80. The summed E-state index contributed by atoms with van der Waals surface area (Å²) in [6.07, 6.45) is 0. The van der Waals surface area contributed by atoms with Crippen LogP contribution in [0.2, 0.25) is 0 Å². The SMILES string of the molecule is COc1ccc2c(c1)CN(Cc1ccccc1)C2. The van der Waals surface area contributed by atoms with E-state index < -0.39 is 0 Å². The molecule has 0 atom stereocenters. The summed E-state index contributed by atoms with van der Waals surface area (Å²) >= 11 is 0. The van der Waals surface area contributed by atoms with Crippen molar-refractivity contribution in [2.24, 2.45) is 0 Å². The topological polar surface area (TPSA) is 12.5 Å². The zero-order valence-corrected chi connectivity index (χ0v) is 10.6. The molecule has 2 nitrogen and oxygen atoms in total. The highest BCUT2D eigenvalue weighted by Crippen LogP contribution is 2.27. The molecule has 2 aromatic carbocycles. The van der Waals surface area contributed by atoms with Crippen molar-refractivity contribution < 1.29 is 4.74 Å². The Balaban J connectivity index is 1.73. The average Bonchev–Trinajstić information content (AvgIpc) is 2.80. The van der Waals surface area contributed by atoms with Gasteiger partial charge in [-0.05, 0) is 28.8 Å². The van der Waals surface area contributed by atoms with Crippen molar-refractivity contribution in [2.45, 2.75) is 19.6 Å². The smallest absolute Gasteiger partial charge is 0.119 e. The van der Waals surface area contributed by atoms with E-state index in [1.807, 2.05) is 6.07 Å². The third-order valence-electron chi connectivity index (χ3n) is 3.45. The molecule has 0 amide bonds. The number of methoxy groups -OCH3 is 1. The van der Waals surface area contributed by atoms with E-state index in [2.05, 4.69) is 47.4 Å². The summed E-state index contributed by atoms with van der Waals surface area (Å²) in [6.45, 7) is 3.06. The Morgan fingerprint density at radius 3 is 2.56 bits per heavy atom. The highest BCUT2D eigenvalue weighted by atomic mass is 16.5. The summed E-state index contributed by atoms with van der Waals surface area (Å²) in [6, 6.07) is 17.0. The van der Waals surface area contributed by atoms with Crippen LogP contribution in [0, 0.1) is 0 Å². The van der Waals surface area contributed by atoms with E-state index in [0.29, 0.717) is 0 Å². The van der Waals surface area contributed by atoms with Gasteiger partial charge in [-0.15, -0.1) is 0 Å². The summed E-state index contributed by atoms with van der Waals surface area (Å²) in [7, 11) is 1.72. The number of hydrogen-bond donors (Lipinski definition) is 0. The molecule has 2 aromatic rings. The van der Waals surface area contributed by atoms with Crippen molar-refractivity contribution in [3.05, 3.63) is 65.2 Å². The number of fused-ring (bicyclic) bond motifs is 1. The minimum Gasteiger partial charge on any atom is -0.497 e. The molecule has 0 spiro atoms. The van der Waals surface area contributed by atoms with E-state index in [1.165, 1.54) is 16.7 Å². The maximum atomic E-state index is 5.27. The van der Waals surface area contributed by atoms with Crippen molar-refractivity contribution >= 4 is 0 Å². The van der Waals surface area contributed by atoms with E-state index in [-0.39, 0.29) is 0 Å². The molecule has 1 aliphatic heterocycles. The normalized spacial score (nSPS) is 14.5. The van der Waals surface area contributed by atoms with Gasteiger partial charge in [0, 0.05) is 19.6 Å². The lowest BCUT2D eigenvalue weighted by Gasteiger charge is -2.14. The van der Waals surface area contributed by atoms with Crippen LogP contribution in [0.4, 0.5) is 0 Å². The predicted octanol–water partition coefficient (Wildman–Crippen LogP) is 3.21. The van der Waals surface area contributed by atoms with Crippen LogP contribution in [0.1, 0.15) is 16.7 Å². The fourth-order valence-electron chi connectivity index (χ4n) is 2.52. The largest absolute Gasteiger partial charge is 0.497 e. The summed E-state index contributed by atoms with van der Waals surface area (Å²) in [4.78, 5) is 2.46. The van der Waals surface area contributed by atoms with Crippen molar-refractivity contribution in [3.8, 4) is 5.75 Å². The molecule has 0 radical (unpaired) electrons.